The van der Waals surface area contributed by atoms with Gasteiger partial charge in [-0.1, -0.05) is 44.2 Å². The third-order valence-corrected chi connectivity index (χ3v) is 3.00. The van der Waals surface area contributed by atoms with E-state index in [9.17, 15) is 5.11 Å². The molecule has 0 bridgehead atoms. The summed E-state index contributed by atoms with van der Waals surface area (Å²) >= 11 is 0. The first-order valence-corrected chi connectivity index (χ1v) is 5.57. The Hall–Kier alpha value is -1.25. The Labute approximate surface area is 108 Å². The van der Waals surface area contributed by atoms with Gasteiger partial charge in [-0.3, -0.25) is 0 Å². The molecule has 2 nitrogen and oxygen atoms in total. The standard InChI is InChI=1S/C14H17NO.ClH/c1-9(2)14(15)13-11-6-4-3-5-10(11)7-8-12(13)16;/h3-9,14,16H,15H2,1-2H3;1H. The SMILES string of the molecule is CC(C)C(N)c1c(O)ccc2ccccc12.Cl. The van der Waals surface area contributed by atoms with Crippen molar-refractivity contribution in [2.24, 2.45) is 11.7 Å². The third-order valence-electron chi connectivity index (χ3n) is 3.00. The lowest BCUT2D eigenvalue weighted by Crippen LogP contribution is -2.17. The largest absolute Gasteiger partial charge is 0.508 e. The Morgan fingerprint density at radius 1 is 1.06 bits per heavy atom. The fraction of sp³-hybridized carbons (Fsp3) is 0.286. The Morgan fingerprint density at radius 2 is 1.71 bits per heavy atom. The second kappa shape index (κ2) is 5.39. The van der Waals surface area contributed by atoms with E-state index in [1.807, 2.05) is 30.3 Å². The molecule has 2 rings (SSSR count). The molecule has 0 aliphatic rings. The summed E-state index contributed by atoms with van der Waals surface area (Å²) < 4.78 is 0. The van der Waals surface area contributed by atoms with E-state index in [0.717, 1.165) is 16.3 Å². The van der Waals surface area contributed by atoms with E-state index in [1.165, 1.54) is 0 Å². The van der Waals surface area contributed by atoms with Crippen molar-refractivity contribution < 1.29 is 5.11 Å². The molecule has 0 aliphatic heterocycles. The number of rotatable bonds is 2. The van der Waals surface area contributed by atoms with Gasteiger partial charge < -0.3 is 10.8 Å². The zero-order valence-electron chi connectivity index (χ0n) is 10.1. The molecule has 0 saturated heterocycles. The Morgan fingerprint density at radius 3 is 2.35 bits per heavy atom. The minimum atomic E-state index is -0.133. The third kappa shape index (κ3) is 2.54. The summed E-state index contributed by atoms with van der Waals surface area (Å²) in [4.78, 5) is 0. The number of halogens is 1. The van der Waals surface area contributed by atoms with Crippen molar-refractivity contribution in [3.8, 4) is 5.75 Å². The van der Waals surface area contributed by atoms with Crippen molar-refractivity contribution in [3.63, 3.8) is 0 Å². The van der Waals surface area contributed by atoms with E-state index in [1.54, 1.807) is 6.07 Å². The smallest absolute Gasteiger partial charge is 0.120 e. The number of nitrogens with two attached hydrogens (primary N) is 1. The predicted molar refractivity (Wildman–Crippen MR) is 74.6 cm³/mol. The van der Waals surface area contributed by atoms with E-state index in [2.05, 4.69) is 13.8 Å². The van der Waals surface area contributed by atoms with Crippen molar-refractivity contribution in [1.29, 1.82) is 0 Å². The highest BCUT2D eigenvalue weighted by Crippen LogP contribution is 2.34. The van der Waals surface area contributed by atoms with Crippen molar-refractivity contribution >= 4 is 23.2 Å². The molecule has 2 aromatic rings. The average Bonchev–Trinajstić information content (AvgIpc) is 2.28. The molecule has 2 aromatic carbocycles. The first kappa shape index (κ1) is 13.8. The first-order valence-electron chi connectivity index (χ1n) is 5.57. The molecule has 3 heteroatoms. The lowest BCUT2D eigenvalue weighted by atomic mass is 9.91. The molecule has 0 fully saturated rings. The second-order valence-electron chi connectivity index (χ2n) is 4.49. The van der Waals surface area contributed by atoms with E-state index >= 15 is 0 Å². The summed E-state index contributed by atoms with van der Waals surface area (Å²) in [5, 5.41) is 12.1. The summed E-state index contributed by atoms with van der Waals surface area (Å²) in [6, 6.07) is 11.5. The topological polar surface area (TPSA) is 46.2 Å². The van der Waals surface area contributed by atoms with Crippen molar-refractivity contribution in [1.82, 2.24) is 0 Å². The number of hydrogen-bond donors (Lipinski definition) is 2. The number of benzene rings is 2. The molecule has 0 amide bonds. The van der Waals surface area contributed by atoms with Gasteiger partial charge in [0.1, 0.15) is 5.75 Å². The van der Waals surface area contributed by atoms with Crippen LogP contribution in [0.15, 0.2) is 36.4 Å². The van der Waals surface area contributed by atoms with Gasteiger partial charge in [-0.15, -0.1) is 12.4 Å². The van der Waals surface area contributed by atoms with Gasteiger partial charge in [-0.25, -0.2) is 0 Å². The van der Waals surface area contributed by atoms with E-state index in [-0.39, 0.29) is 18.4 Å². The monoisotopic (exact) mass is 251 g/mol. The molecule has 3 N–H and O–H groups in total. The van der Waals surface area contributed by atoms with Gasteiger partial charge in [0.2, 0.25) is 0 Å². The lowest BCUT2D eigenvalue weighted by Gasteiger charge is -2.19. The molecular formula is C14H18ClNO. The van der Waals surface area contributed by atoms with Crippen LogP contribution in [0, 0.1) is 5.92 Å². The van der Waals surface area contributed by atoms with Gasteiger partial charge >= 0.3 is 0 Å². The van der Waals surface area contributed by atoms with Gasteiger partial charge in [-0.05, 0) is 22.8 Å². The molecule has 0 spiro atoms. The van der Waals surface area contributed by atoms with Gasteiger partial charge in [0, 0.05) is 11.6 Å². The molecule has 0 aromatic heterocycles. The van der Waals surface area contributed by atoms with Gasteiger partial charge in [0.25, 0.3) is 0 Å². The summed E-state index contributed by atoms with van der Waals surface area (Å²) in [5.74, 6) is 0.594. The summed E-state index contributed by atoms with van der Waals surface area (Å²) in [6.45, 7) is 4.12. The average molecular weight is 252 g/mol. The van der Waals surface area contributed by atoms with E-state index in [4.69, 9.17) is 5.73 Å². The van der Waals surface area contributed by atoms with Crippen molar-refractivity contribution in [2.45, 2.75) is 19.9 Å². The highest BCUT2D eigenvalue weighted by molar-refractivity contribution is 5.88. The fourth-order valence-electron chi connectivity index (χ4n) is 1.97. The maximum absolute atomic E-state index is 9.95. The molecule has 0 aliphatic carbocycles. The molecule has 1 atom stereocenters. The Balaban J connectivity index is 0.00000144. The predicted octanol–water partition coefficient (Wildman–Crippen LogP) is 3.62. The Kier molecular flexibility index (Phi) is 4.38. The van der Waals surface area contributed by atoms with E-state index in [0.29, 0.717) is 11.7 Å². The van der Waals surface area contributed by atoms with Crippen LogP contribution in [0.2, 0.25) is 0 Å². The van der Waals surface area contributed by atoms with Gasteiger partial charge in [-0.2, -0.15) is 0 Å². The number of phenolic OH excluding ortho intramolecular Hbond substituents is 1. The maximum atomic E-state index is 9.95. The molecule has 92 valence electrons. The molecule has 0 radical (unpaired) electrons. The van der Waals surface area contributed by atoms with Crippen LogP contribution in [0.1, 0.15) is 25.5 Å². The molecule has 0 saturated carbocycles. The normalized spacial score (nSPS) is 12.5. The van der Waals surface area contributed by atoms with E-state index < -0.39 is 0 Å². The van der Waals surface area contributed by atoms with Crippen LogP contribution >= 0.6 is 12.4 Å². The van der Waals surface area contributed by atoms with Gasteiger partial charge in [0.15, 0.2) is 0 Å². The van der Waals surface area contributed by atoms with Crippen LogP contribution in [0.4, 0.5) is 0 Å². The zero-order valence-corrected chi connectivity index (χ0v) is 10.9. The molecule has 1 unspecified atom stereocenters. The van der Waals surface area contributed by atoms with Crippen LogP contribution < -0.4 is 5.73 Å². The minimum absolute atomic E-state index is 0. The summed E-state index contributed by atoms with van der Waals surface area (Å²) in [5.41, 5.74) is 7.00. The number of phenols is 1. The highest BCUT2D eigenvalue weighted by atomic mass is 35.5. The fourth-order valence-corrected chi connectivity index (χ4v) is 1.97. The van der Waals surface area contributed by atoms with Crippen LogP contribution in [0.3, 0.4) is 0 Å². The molecule has 17 heavy (non-hydrogen) atoms. The van der Waals surface area contributed by atoms with Crippen molar-refractivity contribution in [2.75, 3.05) is 0 Å². The lowest BCUT2D eigenvalue weighted by molar-refractivity contribution is 0.442. The Bertz CT molecular complexity index is 511. The zero-order chi connectivity index (χ0) is 11.7. The quantitative estimate of drug-likeness (QED) is 0.856. The summed E-state index contributed by atoms with van der Waals surface area (Å²) in [6.07, 6.45) is 0. The van der Waals surface area contributed by atoms with Gasteiger partial charge in [0.05, 0.1) is 0 Å². The van der Waals surface area contributed by atoms with Crippen LogP contribution in [0.25, 0.3) is 10.8 Å². The molecule has 0 heterocycles. The minimum Gasteiger partial charge on any atom is -0.508 e. The maximum Gasteiger partial charge on any atom is 0.120 e. The summed E-state index contributed by atoms with van der Waals surface area (Å²) in [7, 11) is 0. The van der Waals surface area contributed by atoms with Crippen LogP contribution in [0.5, 0.6) is 5.75 Å². The second-order valence-corrected chi connectivity index (χ2v) is 4.49. The van der Waals surface area contributed by atoms with Crippen LogP contribution in [-0.4, -0.2) is 5.11 Å². The molecular weight excluding hydrogens is 234 g/mol. The number of hydrogen-bond acceptors (Lipinski definition) is 2. The first-order chi connectivity index (χ1) is 7.61. The van der Waals surface area contributed by atoms with Crippen molar-refractivity contribution in [3.05, 3.63) is 42.0 Å². The van der Waals surface area contributed by atoms with Crippen LogP contribution in [-0.2, 0) is 0 Å². The number of fused-ring (bicyclic) bond motifs is 1. The highest BCUT2D eigenvalue weighted by Gasteiger charge is 2.17. The number of aromatic hydroxyl groups is 1.